The zero-order valence-corrected chi connectivity index (χ0v) is 13.6. The maximum Gasteiger partial charge on any atom is 0.315 e. The zero-order chi connectivity index (χ0) is 15.8. The Morgan fingerprint density at radius 3 is 2.57 bits per heavy atom. The summed E-state index contributed by atoms with van der Waals surface area (Å²) in [5.74, 6) is -1.12. The minimum Gasteiger partial charge on any atom is -0.481 e. The monoisotopic (exact) mass is 312 g/mol. The van der Waals surface area contributed by atoms with Crippen molar-refractivity contribution in [1.82, 2.24) is 10.6 Å². The third-order valence-electron chi connectivity index (χ3n) is 3.08. The van der Waals surface area contributed by atoms with Crippen molar-refractivity contribution in [2.75, 3.05) is 6.54 Å². The number of amides is 2. The van der Waals surface area contributed by atoms with Gasteiger partial charge in [0.2, 0.25) is 0 Å². The molecule has 0 bridgehead atoms. The van der Waals surface area contributed by atoms with Gasteiger partial charge in [0.05, 0.1) is 5.92 Å². The number of nitrogens with one attached hydrogen (secondary N) is 2. The van der Waals surface area contributed by atoms with Gasteiger partial charge in [-0.05, 0) is 30.7 Å². The van der Waals surface area contributed by atoms with Crippen LogP contribution in [0.3, 0.4) is 0 Å². The first-order chi connectivity index (χ1) is 9.88. The van der Waals surface area contributed by atoms with E-state index in [4.69, 9.17) is 5.11 Å². The molecular weight excluding hydrogens is 288 g/mol. The van der Waals surface area contributed by atoms with Gasteiger partial charge in [-0.1, -0.05) is 19.9 Å². The Kier molecular flexibility index (Phi) is 7.22. The summed E-state index contributed by atoms with van der Waals surface area (Å²) in [5, 5.41) is 16.6. The topological polar surface area (TPSA) is 78.4 Å². The van der Waals surface area contributed by atoms with E-state index in [1.807, 2.05) is 38.3 Å². The van der Waals surface area contributed by atoms with Gasteiger partial charge in [0.15, 0.2) is 0 Å². The predicted molar refractivity (Wildman–Crippen MR) is 84.6 cm³/mol. The van der Waals surface area contributed by atoms with Crippen LogP contribution in [0.1, 0.15) is 32.1 Å². The van der Waals surface area contributed by atoms with Crippen molar-refractivity contribution >= 4 is 23.3 Å². The van der Waals surface area contributed by atoms with Crippen LogP contribution in [0, 0.1) is 11.8 Å². The van der Waals surface area contributed by atoms with Crippen LogP contribution in [0.4, 0.5) is 4.79 Å². The van der Waals surface area contributed by atoms with E-state index >= 15 is 0 Å². The molecule has 0 fully saturated rings. The lowest BCUT2D eigenvalue weighted by atomic mass is 9.97. The first kappa shape index (κ1) is 17.5. The van der Waals surface area contributed by atoms with Crippen LogP contribution in [-0.4, -0.2) is 29.7 Å². The summed E-state index contributed by atoms with van der Waals surface area (Å²) in [6, 6.07) is 3.71. The highest BCUT2D eigenvalue weighted by Gasteiger charge is 2.20. The fourth-order valence-corrected chi connectivity index (χ4v) is 2.95. The maximum absolute atomic E-state index is 11.8. The van der Waals surface area contributed by atoms with E-state index in [0.717, 1.165) is 6.42 Å². The number of aliphatic carboxylic acids is 1. The Morgan fingerprint density at radius 1 is 1.33 bits per heavy atom. The molecule has 0 aliphatic carbocycles. The van der Waals surface area contributed by atoms with Crippen molar-refractivity contribution in [3.05, 3.63) is 22.4 Å². The number of carbonyl (C=O) groups excluding carboxylic acids is 1. The molecule has 0 radical (unpaired) electrons. The van der Waals surface area contributed by atoms with E-state index in [2.05, 4.69) is 10.6 Å². The quantitative estimate of drug-likeness (QED) is 0.690. The van der Waals surface area contributed by atoms with Crippen molar-refractivity contribution in [2.24, 2.45) is 11.8 Å². The SMILES string of the molecule is CC(C)CC(CNC(=O)NC(C)Cc1cccs1)C(=O)O. The molecule has 5 nitrogen and oxygen atoms in total. The van der Waals surface area contributed by atoms with Crippen molar-refractivity contribution in [2.45, 2.75) is 39.7 Å². The van der Waals surface area contributed by atoms with E-state index in [9.17, 15) is 9.59 Å². The third-order valence-corrected chi connectivity index (χ3v) is 3.98. The summed E-state index contributed by atoms with van der Waals surface area (Å²) in [6.45, 7) is 6.03. The van der Waals surface area contributed by atoms with E-state index in [1.165, 1.54) is 4.88 Å². The van der Waals surface area contributed by atoms with Gasteiger partial charge in [-0.2, -0.15) is 0 Å². The van der Waals surface area contributed by atoms with Crippen LogP contribution in [-0.2, 0) is 11.2 Å². The summed E-state index contributed by atoms with van der Waals surface area (Å²) in [6.07, 6.45) is 1.33. The van der Waals surface area contributed by atoms with Crippen LogP contribution in [0.15, 0.2) is 17.5 Å². The second-order valence-corrected chi connectivity index (χ2v) is 6.74. The molecule has 2 unspecified atom stereocenters. The number of rotatable bonds is 8. The molecule has 3 N–H and O–H groups in total. The van der Waals surface area contributed by atoms with Crippen molar-refractivity contribution in [3.8, 4) is 0 Å². The first-order valence-corrected chi connectivity index (χ1v) is 8.06. The predicted octanol–water partition coefficient (Wildman–Crippen LogP) is 2.73. The summed E-state index contributed by atoms with van der Waals surface area (Å²) in [4.78, 5) is 24.1. The minimum absolute atomic E-state index is 0.0111. The zero-order valence-electron chi connectivity index (χ0n) is 12.8. The largest absolute Gasteiger partial charge is 0.481 e. The standard InChI is InChI=1S/C15H24N2O3S/c1-10(2)7-12(14(18)19)9-16-15(20)17-11(3)8-13-5-4-6-21-13/h4-6,10-12H,7-9H2,1-3H3,(H,18,19)(H2,16,17,20). The van der Waals surface area contributed by atoms with Gasteiger partial charge in [-0.25, -0.2) is 4.79 Å². The molecule has 0 saturated carbocycles. The molecule has 0 aromatic carbocycles. The smallest absolute Gasteiger partial charge is 0.315 e. The number of hydrogen-bond donors (Lipinski definition) is 3. The average molecular weight is 312 g/mol. The Balaban J connectivity index is 2.33. The number of carboxylic acids is 1. The highest BCUT2D eigenvalue weighted by atomic mass is 32.1. The number of hydrogen-bond acceptors (Lipinski definition) is 3. The molecule has 6 heteroatoms. The minimum atomic E-state index is -0.865. The van der Waals surface area contributed by atoms with Crippen molar-refractivity contribution in [1.29, 1.82) is 0 Å². The van der Waals surface area contributed by atoms with Gasteiger partial charge in [0.1, 0.15) is 0 Å². The molecule has 1 rings (SSSR count). The first-order valence-electron chi connectivity index (χ1n) is 7.18. The maximum atomic E-state index is 11.8. The van der Waals surface area contributed by atoms with E-state index in [-0.39, 0.29) is 24.5 Å². The normalized spacial score (nSPS) is 13.7. The molecule has 118 valence electrons. The highest BCUT2D eigenvalue weighted by Crippen LogP contribution is 2.12. The Labute approximate surface area is 129 Å². The summed E-state index contributed by atoms with van der Waals surface area (Å²) >= 11 is 1.66. The Morgan fingerprint density at radius 2 is 2.05 bits per heavy atom. The molecule has 0 aliphatic rings. The van der Waals surface area contributed by atoms with Crippen LogP contribution in [0.25, 0.3) is 0 Å². The van der Waals surface area contributed by atoms with E-state index in [1.54, 1.807) is 11.3 Å². The fraction of sp³-hybridized carbons (Fsp3) is 0.600. The van der Waals surface area contributed by atoms with E-state index < -0.39 is 11.9 Å². The molecule has 0 aliphatic heterocycles. The second kappa shape index (κ2) is 8.67. The molecule has 0 saturated heterocycles. The van der Waals surface area contributed by atoms with Gasteiger partial charge in [0.25, 0.3) is 0 Å². The Bertz CT molecular complexity index is 446. The van der Waals surface area contributed by atoms with Crippen LogP contribution < -0.4 is 10.6 Å². The molecule has 0 spiro atoms. The van der Waals surface area contributed by atoms with Gasteiger partial charge in [0, 0.05) is 23.9 Å². The van der Waals surface area contributed by atoms with Gasteiger partial charge in [-0.15, -0.1) is 11.3 Å². The van der Waals surface area contributed by atoms with Crippen LogP contribution in [0.2, 0.25) is 0 Å². The fourth-order valence-electron chi connectivity index (χ4n) is 2.11. The molecule has 2 atom stereocenters. The van der Waals surface area contributed by atoms with Gasteiger partial charge >= 0.3 is 12.0 Å². The van der Waals surface area contributed by atoms with Gasteiger partial charge < -0.3 is 15.7 Å². The number of carbonyl (C=O) groups is 2. The molecule has 2 amide bonds. The number of urea groups is 1. The number of thiophene rings is 1. The second-order valence-electron chi connectivity index (χ2n) is 5.70. The number of carboxylic acid groups (broad SMARTS) is 1. The molecule has 1 heterocycles. The Hall–Kier alpha value is -1.56. The third kappa shape index (κ3) is 7.13. The lowest BCUT2D eigenvalue weighted by molar-refractivity contribution is -0.142. The average Bonchev–Trinajstić information content (AvgIpc) is 2.86. The van der Waals surface area contributed by atoms with Crippen LogP contribution >= 0.6 is 11.3 Å². The van der Waals surface area contributed by atoms with Crippen LogP contribution in [0.5, 0.6) is 0 Å². The summed E-state index contributed by atoms with van der Waals surface area (Å²) in [7, 11) is 0. The van der Waals surface area contributed by atoms with E-state index in [0.29, 0.717) is 6.42 Å². The molecule has 1 aromatic heterocycles. The summed E-state index contributed by atoms with van der Waals surface area (Å²) < 4.78 is 0. The molecule has 21 heavy (non-hydrogen) atoms. The lowest BCUT2D eigenvalue weighted by Gasteiger charge is -2.17. The van der Waals surface area contributed by atoms with Crippen molar-refractivity contribution < 1.29 is 14.7 Å². The highest BCUT2D eigenvalue weighted by molar-refractivity contribution is 7.09. The molecular formula is C15H24N2O3S. The molecule has 1 aromatic rings. The summed E-state index contributed by atoms with van der Waals surface area (Å²) in [5.41, 5.74) is 0. The van der Waals surface area contributed by atoms with Gasteiger partial charge in [-0.3, -0.25) is 4.79 Å². The lowest BCUT2D eigenvalue weighted by Crippen LogP contribution is -2.44. The van der Waals surface area contributed by atoms with Crippen molar-refractivity contribution in [3.63, 3.8) is 0 Å².